The lowest BCUT2D eigenvalue weighted by atomic mass is 10.4. The number of carbonyl (C=O) groups excluding carboxylic acids is 1. The Morgan fingerprint density at radius 1 is 1.27 bits per heavy atom. The van der Waals surface area contributed by atoms with E-state index in [-0.39, 0.29) is 0 Å². The first-order chi connectivity index (χ1) is 7.24. The molecule has 3 nitrogen and oxygen atoms in total. The van der Waals surface area contributed by atoms with Crippen molar-refractivity contribution in [3.63, 3.8) is 0 Å². The molecule has 2 rings (SSSR count). The van der Waals surface area contributed by atoms with Crippen molar-refractivity contribution in [2.45, 2.75) is 0 Å². The van der Waals surface area contributed by atoms with Gasteiger partial charge in [0.25, 0.3) is 0 Å². The highest BCUT2D eigenvalue weighted by Gasteiger charge is 2.11. The van der Waals surface area contributed by atoms with Gasteiger partial charge >= 0.3 is 0 Å². The lowest BCUT2D eigenvalue weighted by Crippen LogP contribution is -2.02. The van der Waals surface area contributed by atoms with E-state index in [1.807, 2.05) is 0 Å². The quantitative estimate of drug-likeness (QED) is 0.757. The minimum atomic E-state index is 0.401. The second kappa shape index (κ2) is 4.04. The molecule has 15 heavy (non-hydrogen) atoms. The van der Waals surface area contributed by atoms with E-state index in [4.69, 9.17) is 23.2 Å². The molecule has 0 unspecified atom stereocenters. The Morgan fingerprint density at radius 2 is 2.07 bits per heavy atom. The predicted octanol–water partition coefficient (Wildman–Crippen LogP) is 2.99. The van der Waals surface area contributed by atoms with Gasteiger partial charge in [-0.2, -0.15) is 0 Å². The summed E-state index contributed by atoms with van der Waals surface area (Å²) in [4.78, 5) is 14.9. The molecule has 0 radical (unpaired) electrons. The highest BCUT2D eigenvalue weighted by Crippen LogP contribution is 2.24. The molecule has 0 bridgehead atoms. The molecule has 0 amide bonds. The van der Waals surface area contributed by atoms with Crippen LogP contribution in [0.25, 0.3) is 5.82 Å². The Kier molecular flexibility index (Phi) is 2.75. The summed E-state index contributed by atoms with van der Waals surface area (Å²) in [6.07, 6.45) is 2.29. The van der Waals surface area contributed by atoms with Gasteiger partial charge in [0.2, 0.25) is 0 Å². The lowest BCUT2D eigenvalue weighted by Gasteiger charge is -2.07. The Hall–Kier alpha value is -1.32. The van der Waals surface area contributed by atoms with Crippen molar-refractivity contribution < 1.29 is 4.79 Å². The van der Waals surface area contributed by atoms with Gasteiger partial charge in [0.15, 0.2) is 12.1 Å². The highest BCUT2D eigenvalue weighted by atomic mass is 35.5. The summed E-state index contributed by atoms with van der Waals surface area (Å²) in [6.45, 7) is 0. The standard InChI is InChI=1S/C10H6Cl2N2O/c11-8-2-1-5-13-10(8)14-7(6-15)3-4-9(14)12/h1-6H. The molecule has 2 aromatic rings. The molecule has 76 valence electrons. The summed E-state index contributed by atoms with van der Waals surface area (Å²) in [5.41, 5.74) is 0.417. The van der Waals surface area contributed by atoms with Gasteiger partial charge in [-0.3, -0.25) is 9.36 Å². The molecule has 0 spiro atoms. The molecular formula is C10H6Cl2N2O. The SMILES string of the molecule is O=Cc1ccc(Cl)n1-c1ncccc1Cl. The van der Waals surface area contributed by atoms with Gasteiger partial charge < -0.3 is 0 Å². The van der Waals surface area contributed by atoms with Crippen LogP contribution in [0.2, 0.25) is 10.2 Å². The topological polar surface area (TPSA) is 34.9 Å². The molecule has 2 aromatic heterocycles. The summed E-state index contributed by atoms with van der Waals surface area (Å²) in [5.74, 6) is 0.455. The van der Waals surface area contributed by atoms with Gasteiger partial charge in [0.05, 0.1) is 10.7 Å². The number of hydrogen-bond donors (Lipinski definition) is 0. The van der Waals surface area contributed by atoms with Crippen LogP contribution >= 0.6 is 23.2 Å². The van der Waals surface area contributed by atoms with E-state index >= 15 is 0 Å². The summed E-state index contributed by atoms with van der Waals surface area (Å²) in [7, 11) is 0. The van der Waals surface area contributed by atoms with Crippen molar-refractivity contribution in [3.8, 4) is 5.82 Å². The fourth-order valence-electron chi connectivity index (χ4n) is 1.28. The van der Waals surface area contributed by atoms with Crippen LogP contribution in [-0.2, 0) is 0 Å². The number of halogens is 2. The van der Waals surface area contributed by atoms with Crippen LogP contribution in [0.3, 0.4) is 0 Å². The molecule has 2 heterocycles. The molecule has 0 saturated heterocycles. The number of rotatable bonds is 2. The Bertz CT molecular complexity index is 508. The highest BCUT2D eigenvalue weighted by molar-refractivity contribution is 6.33. The maximum absolute atomic E-state index is 10.8. The predicted molar refractivity (Wildman–Crippen MR) is 59.0 cm³/mol. The first-order valence-electron chi connectivity index (χ1n) is 4.17. The maximum atomic E-state index is 10.8. The average molecular weight is 241 g/mol. The summed E-state index contributed by atoms with van der Waals surface area (Å²) < 4.78 is 1.50. The van der Waals surface area contributed by atoms with Gasteiger partial charge in [-0.05, 0) is 24.3 Å². The van der Waals surface area contributed by atoms with Crippen molar-refractivity contribution in [3.05, 3.63) is 46.3 Å². The van der Waals surface area contributed by atoms with E-state index in [9.17, 15) is 4.79 Å². The normalized spacial score (nSPS) is 10.3. The largest absolute Gasteiger partial charge is 0.296 e. The van der Waals surface area contributed by atoms with Crippen molar-refractivity contribution in [1.29, 1.82) is 0 Å². The molecule has 0 aliphatic rings. The van der Waals surface area contributed by atoms with E-state index in [2.05, 4.69) is 4.98 Å². The van der Waals surface area contributed by atoms with Crippen molar-refractivity contribution in [2.24, 2.45) is 0 Å². The zero-order valence-electron chi connectivity index (χ0n) is 7.52. The number of nitrogens with zero attached hydrogens (tertiary/aromatic N) is 2. The molecule has 0 aromatic carbocycles. The number of aldehydes is 1. The van der Waals surface area contributed by atoms with Crippen LogP contribution in [0, 0.1) is 0 Å². The van der Waals surface area contributed by atoms with E-state index in [0.717, 1.165) is 0 Å². The van der Waals surface area contributed by atoms with E-state index in [0.29, 0.717) is 28.0 Å². The second-order valence-corrected chi connectivity index (χ2v) is 3.64. The van der Waals surface area contributed by atoms with Crippen LogP contribution in [0.4, 0.5) is 0 Å². The van der Waals surface area contributed by atoms with Crippen LogP contribution in [-0.4, -0.2) is 15.8 Å². The first kappa shape index (κ1) is 10.2. The fraction of sp³-hybridized carbons (Fsp3) is 0. The molecule has 0 fully saturated rings. The minimum Gasteiger partial charge on any atom is -0.296 e. The first-order valence-corrected chi connectivity index (χ1v) is 4.93. The smallest absolute Gasteiger partial charge is 0.166 e. The van der Waals surface area contributed by atoms with Crippen molar-refractivity contribution >= 4 is 29.5 Å². The van der Waals surface area contributed by atoms with Gasteiger partial charge in [-0.25, -0.2) is 4.98 Å². The lowest BCUT2D eigenvalue weighted by molar-refractivity contribution is 0.111. The van der Waals surface area contributed by atoms with Crippen LogP contribution in [0.15, 0.2) is 30.5 Å². The Balaban J connectivity index is 2.68. The number of hydrogen-bond acceptors (Lipinski definition) is 2. The molecule has 5 heteroatoms. The third-order valence-corrected chi connectivity index (χ3v) is 2.53. The van der Waals surface area contributed by atoms with Crippen LogP contribution in [0.1, 0.15) is 10.5 Å². The maximum Gasteiger partial charge on any atom is 0.166 e. The van der Waals surface area contributed by atoms with Gasteiger partial charge in [0.1, 0.15) is 5.15 Å². The third kappa shape index (κ3) is 1.76. The molecule has 0 atom stereocenters. The van der Waals surface area contributed by atoms with Gasteiger partial charge in [-0.15, -0.1) is 0 Å². The van der Waals surface area contributed by atoms with E-state index < -0.39 is 0 Å². The average Bonchev–Trinajstić information content (AvgIpc) is 2.60. The van der Waals surface area contributed by atoms with Crippen molar-refractivity contribution in [1.82, 2.24) is 9.55 Å². The number of aromatic nitrogens is 2. The second-order valence-electron chi connectivity index (χ2n) is 2.84. The van der Waals surface area contributed by atoms with Crippen LogP contribution in [0.5, 0.6) is 0 Å². The number of pyridine rings is 1. The summed E-state index contributed by atoms with van der Waals surface area (Å²) >= 11 is 11.9. The third-order valence-electron chi connectivity index (χ3n) is 1.94. The van der Waals surface area contributed by atoms with E-state index in [1.165, 1.54) is 4.57 Å². The van der Waals surface area contributed by atoms with E-state index in [1.54, 1.807) is 30.5 Å². The molecule has 0 aliphatic carbocycles. The summed E-state index contributed by atoms with van der Waals surface area (Å²) in [5, 5.41) is 0.844. The monoisotopic (exact) mass is 240 g/mol. The van der Waals surface area contributed by atoms with Crippen molar-refractivity contribution in [2.75, 3.05) is 0 Å². The molecule has 0 saturated carbocycles. The van der Waals surface area contributed by atoms with Gasteiger partial charge in [0, 0.05) is 6.20 Å². The zero-order valence-corrected chi connectivity index (χ0v) is 9.03. The Morgan fingerprint density at radius 3 is 2.73 bits per heavy atom. The minimum absolute atomic E-state index is 0.401. The molecular weight excluding hydrogens is 235 g/mol. The van der Waals surface area contributed by atoms with Crippen LogP contribution < -0.4 is 0 Å². The molecule has 0 aliphatic heterocycles. The number of carbonyl (C=O) groups is 1. The fourth-order valence-corrected chi connectivity index (χ4v) is 1.73. The summed E-state index contributed by atoms with van der Waals surface area (Å²) in [6, 6.07) is 6.63. The Labute approximate surface area is 96.3 Å². The molecule has 0 N–H and O–H groups in total. The van der Waals surface area contributed by atoms with Gasteiger partial charge in [-0.1, -0.05) is 23.2 Å². The zero-order chi connectivity index (χ0) is 10.8.